The molecule has 80 valence electrons. The van der Waals surface area contributed by atoms with E-state index in [0.29, 0.717) is 0 Å². The third-order valence-corrected chi connectivity index (χ3v) is 1.80. The van der Waals surface area contributed by atoms with E-state index >= 15 is 0 Å². The van der Waals surface area contributed by atoms with Crippen LogP contribution >= 0.6 is 0 Å². The van der Waals surface area contributed by atoms with Crippen LogP contribution in [0.2, 0.25) is 0 Å². The van der Waals surface area contributed by atoms with Gasteiger partial charge in [-0.05, 0) is 6.92 Å². The Morgan fingerprint density at radius 2 is 2.36 bits per heavy atom. The summed E-state index contributed by atoms with van der Waals surface area (Å²) in [6, 6.07) is 0. The van der Waals surface area contributed by atoms with Gasteiger partial charge in [0.15, 0.2) is 5.82 Å². The zero-order chi connectivity index (χ0) is 10.2. The number of hydrogen-bond donors (Lipinski definition) is 1. The molecular weight excluding hydrogens is 180 g/mol. The molecule has 0 unspecified atom stereocenters. The highest BCUT2D eigenvalue weighted by Gasteiger charge is 1.97. The molecule has 0 bridgehead atoms. The third kappa shape index (κ3) is 4.34. The van der Waals surface area contributed by atoms with Gasteiger partial charge in [0.05, 0.1) is 6.61 Å². The number of hydrogen-bond acceptors (Lipinski definition) is 4. The van der Waals surface area contributed by atoms with Crippen LogP contribution in [-0.2, 0) is 18.2 Å². The molecule has 0 atom stereocenters. The first-order valence-corrected chi connectivity index (χ1v) is 4.96. The minimum Gasteiger partial charge on any atom is -0.380 e. The van der Waals surface area contributed by atoms with Crippen LogP contribution in [0.15, 0.2) is 6.33 Å². The minimum atomic E-state index is 0.770. The van der Waals surface area contributed by atoms with Gasteiger partial charge in [-0.25, -0.2) is 4.98 Å². The topological polar surface area (TPSA) is 52.0 Å². The number of nitrogens with zero attached hydrogens (tertiary/aromatic N) is 3. The Morgan fingerprint density at radius 3 is 3.00 bits per heavy atom. The molecule has 1 heterocycles. The van der Waals surface area contributed by atoms with Gasteiger partial charge in [-0.2, -0.15) is 5.10 Å². The van der Waals surface area contributed by atoms with Crippen molar-refractivity contribution in [2.24, 2.45) is 7.05 Å². The summed E-state index contributed by atoms with van der Waals surface area (Å²) in [7, 11) is 1.87. The van der Waals surface area contributed by atoms with Gasteiger partial charge in [-0.1, -0.05) is 0 Å². The molecule has 0 saturated carbocycles. The summed E-state index contributed by atoms with van der Waals surface area (Å²) in [4.78, 5) is 4.13. The quantitative estimate of drug-likeness (QED) is 0.626. The van der Waals surface area contributed by atoms with Crippen LogP contribution in [0.1, 0.15) is 12.7 Å². The Labute approximate surface area is 84.5 Å². The fraction of sp³-hybridized carbons (Fsp3) is 0.778. The van der Waals surface area contributed by atoms with Gasteiger partial charge in [0, 0.05) is 33.2 Å². The molecule has 1 aromatic rings. The van der Waals surface area contributed by atoms with Crippen LogP contribution in [0.5, 0.6) is 0 Å². The van der Waals surface area contributed by atoms with Crippen LogP contribution in [0.4, 0.5) is 0 Å². The summed E-state index contributed by atoms with van der Waals surface area (Å²) < 4.78 is 6.91. The van der Waals surface area contributed by atoms with E-state index in [9.17, 15) is 0 Å². The number of ether oxygens (including phenoxy) is 1. The van der Waals surface area contributed by atoms with Crippen molar-refractivity contribution in [3.63, 3.8) is 0 Å². The lowest BCUT2D eigenvalue weighted by Gasteiger charge is -2.02. The highest BCUT2D eigenvalue weighted by atomic mass is 16.5. The minimum absolute atomic E-state index is 0.770. The van der Waals surface area contributed by atoms with E-state index in [1.165, 1.54) is 0 Å². The number of nitrogens with one attached hydrogen (secondary N) is 1. The molecule has 0 aliphatic rings. The molecule has 0 aliphatic carbocycles. The van der Waals surface area contributed by atoms with Crippen molar-refractivity contribution < 1.29 is 4.74 Å². The second-order valence-electron chi connectivity index (χ2n) is 3.03. The zero-order valence-corrected chi connectivity index (χ0v) is 8.86. The summed E-state index contributed by atoms with van der Waals surface area (Å²) in [5.41, 5.74) is 0. The largest absolute Gasteiger partial charge is 0.380 e. The van der Waals surface area contributed by atoms with Crippen LogP contribution in [0.3, 0.4) is 0 Å². The van der Waals surface area contributed by atoms with E-state index in [2.05, 4.69) is 15.4 Å². The van der Waals surface area contributed by atoms with Crippen LogP contribution < -0.4 is 5.32 Å². The summed E-state index contributed by atoms with van der Waals surface area (Å²) >= 11 is 0. The van der Waals surface area contributed by atoms with Crippen molar-refractivity contribution in [1.82, 2.24) is 20.1 Å². The normalized spacial score (nSPS) is 10.7. The number of aromatic nitrogens is 3. The van der Waals surface area contributed by atoms with Crippen LogP contribution in [-0.4, -0.2) is 41.1 Å². The first-order chi connectivity index (χ1) is 6.83. The molecule has 0 fully saturated rings. The average Bonchev–Trinajstić information content (AvgIpc) is 2.58. The van der Waals surface area contributed by atoms with Gasteiger partial charge in [0.1, 0.15) is 6.33 Å². The molecule has 1 aromatic heterocycles. The fourth-order valence-electron chi connectivity index (χ4n) is 1.11. The molecule has 5 nitrogen and oxygen atoms in total. The maximum Gasteiger partial charge on any atom is 0.151 e. The Kier molecular flexibility index (Phi) is 5.17. The monoisotopic (exact) mass is 198 g/mol. The molecule has 0 spiro atoms. The van der Waals surface area contributed by atoms with Crippen molar-refractivity contribution in [2.45, 2.75) is 13.3 Å². The van der Waals surface area contributed by atoms with E-state index < -0.39 is 0 Å². The van der Waals surface area contributed by atoms with Crippen molar-refractivity contribution in [3.05, 3.63) is 12.2 Å². The first kappa shape index (κ1) is 11.1. The predicted octanol–water partition coefficient (Wildman–Crippen LogP) is -0.0163. The first-order valence-electron chi connectivity index (χ1n) is 4.96. The summed E-state index contributed by atoms with van der Waals surface area (Å²) in [6.45, 7) is 5.34. The van der Waals surface area contributed by atoms with Gasteiger partial charge in [0.2, 0.25) is 0 Å². The van der Waals surface area contributed by atoms with Gasteiger partial charge in [-0.15, -0.1) is 0 Å². The van der Waals surface area contributed by atoms with Crippen molar-refractivity contribution >= 4 is 0 Å². The standard InChI is InChI=1S/C9H18N4O/c1-3-14-7-6-10-5-4-9-11-8-13(2)12-9/h8,10H,3-7H2,1-2H3. The van der Waals surface area contributed by atoms with E-state index in [1.807, 2.05) is 14.0 Å². The van der Waals surface area contributed by atoms with E-state index in [-0.39, 0.29) is 0 Å². The summed E-state index contributed by atoms with van der Waals surface area (Å²) in [6.07, 6.45) is 2.59. The molecule has 1 N–H and O–H groups in total. The summed E-state index contributed by atoms with van der Waals surface area (Å²) in [5.74, 6) is 0.886. The van der Waals surface area contributed by atoms with Gasteiger partial charge in [-0.3, -0.25) is 4.68 Å². The maximum absolute atomic E-state index is 5.19. The maximum atomic E-state index is 5.19. The van der Waals surface area contributed by atoms with Gasteiger partial charge in [0.25, 0.3) is 0 Å². The molecule has 0 amide bonds. The SMILES string of the molecule is CCOCCNCCc1ncn(C)n1. The Morgan fingerprint density at radius 1 is 1.50 bits per heavy atom. The second-order valence-corrected chi connectivity index (χ2v) is 3.03. The third-order valence-electron chi connectivity index (χ3n) is 1.80. The molecule has 5 heteroatoms. The summed E-state index contributed by atoms with van der Waals surface area (Å²) in [5, 5.41) is 7.44. The van der Waals surface area contributed by atoms with Crippen molar-refractivity contribution in [3.8, 4) is 0 Å². The Hall–Kier alpha value is -0.940. The lowest BCUT2D eigenvalue weighted by Crippen LogP contribution is -2.22. The highest BCUT2D eigenvalue weighted by molar-refractivity contribution is 4.81. The van der Waals surface area contributed by atoms with Crippen molar-refractivity contribution in [2.75, 3.05) is 26.3 Å². The molecule has 0 aromatic carbocycles. The molecular formula is C9H18N4O. The van der Waals surface area contributed by atoms with E-state index in [0.717, 1.165) is 38.5 Å². The second kappa shape index (κ2) is 6.50. The molecule has 0 radical (unpaired) electrons. The lowest BCUT2D eigenvalue weighted by atomic mass is 10.4. The van der Waals surface area contributed by atoms with Crippen LogP contribution in [0, 0.1) is 0 Å². The Balaban J connectivity index is 1.99. The molecule has 1 rings (SSSR count). The van der Waals surface area contributed by atoms with E-state index in [1.54, 1.807) is 11.0 Å². The number of aryl methyl sites for hydroxylation is 1. The van der Waals surface area contributed by atoms with Crippen molar-refractivity contribution in [1.29, 1.82) is 0 Å². The van der Waals surface area contributed by atoms with Gasteiger partial charge < -0.3 is 10.1 Å². The molecule has 0 aliphatic heterocycles. The molecule has 14 heavy (non-hydrogen) atoms. The average molecular weight is 198 g/mol. The Bertz CT molecular complexity index is 249. The predicted molar refractivity (Wildman–Crippen MR) is 54.1 cm³/mol. The van der Waals surface area contributed by atoms with E-state index in [4.69, 9.17) is 4.74 Å². The number of rotatable bonds is 7. The fourth-order valence-corrected chi connectivity index (χ4v) is 1.11. The zero-order valence-electron chi connectivity index (χ0n) is 8.86. The molecule has 0 saturated heterocycles. The smallest absolute Gasteiger partial charge is 0.151 e. The highest BCUT2D eigenvalue weighted by Crippen LogP contribution is 1.87. The van der Waals surface area contributed by atoms with Crippen LogP contribution in [0.25, 0.3) is 0 Å². The van der Waals surface area contributed by atoms with Gasteiger partial charge >= 0.3 is 0 Å². The lowest BCUT2D eigenvalue weighted by molar-refractivity contribution is 0.149.